The largest absolute Gasteiger partial charge is 1.00 e. The van der Waals surface area contributed by atoms with E-state index >= 15 is 0 Å². The first-order valence-electron chi connectivity index (χ1n) is 5.14. The fourth-order valence-corrected chi connectivity index (χ4v) is 1.82. The first-order chi connectivity index (χ1) is 5.74. The summed E-state index contributed by atoms with van der Waals surface area (Å²) in [5.74, 6) is 0. The van der Waals surface area contributed by atoms with Crippen molar-refractivity contribution >= 4 is 0 Å². The molecule has 0 N–H and O–H groups in total. The van der Waals surface area contributed by atoms with Gasteiger partial charge >= 0.3 is 18.9 Å². The summed E-state index contributed by atoms with van der Waals surface area (Å²) < 4.78 is 0. The second-order valence-corrected chi connectivity index (χ2v) is 3.88. The zero-order valence-corrected chi connectivity index (χ0v) is 9.58. The van der Waals surface area contributed by atoms with Crippen LogP contribution in [0.5, 0.6) is 0 Å². The molecule has 2 nitrogen and oxygen atoms in total. The molecule has 0 radical (unpaired) electrons. The van der Waals surface area contributed by atoms with Crippen molar-refractivity contribution in [2.45, 2.75) is 45.7 Å². The van der Waals surface area contributed by atoms with Gasteiger partial charge in [0.05, 0.1) is 0 Å². The van der Waals surface area contributed by atoms with E-state index in [0.717, 1.165) is 13.1 Å². The van der Waals surface area contributed by atoms with Gasteiger partial charge < -0.3 is 10.2 Å². The maximum absolute atomic E-state index is 4.56. The molecule has 1 saturated heterocycles. The van der Waals surface area contributed by atoms with Crippen molar-refractivity contribution in [3.8, 4) is 0 Å². The van der Waals surface area contributed by atoms with Gasteiger partial charge in [-0.2, -0.15) is 0 Å². The Bertz CT molecular complexity index is 122. The van der Waals surface area contributed by atoms with Gasteiger partial charge in [-0.3, -0.25) is 0 Å². The van der Waals surface area contributed by atoms with Gasteiger partial charge in [-0.1, -0.05) is 19.8 Å². The van der Waals surface area contributed by atoms with Gasteiger partial charge in [0.15, 0.2) is 0 Å². The van der Waals surface area contributed by atoms with Crippen LogP contribution in [-0.2, 0) is 0 Å². The Morgan fingerprint density at radius 2 is 2.15 bits per heavy atom. The molecule has 1 fully saturated rings. The normalized spacial score (nSPS) is 22.4. The predicted octanol–water partition coefficient (Wildman–Crippen LogP) is -0.743. The summed E-state index contributed by atoms with van der Waals surface area (Å²) in [5.41, 5.74) is 0. The summed E-state index contributed by atoms with van der Waals surface area (Å²) in [6, 6.07) is 1.30. The fourth-order valence-electron chi connectivity index (χ4n) is 1.82. The number of likely N-dealkylation sites (N-methyl/N-ethyl adjacent to an activating group) is 1. The fraction of sp³-hybridized carbons (Fsp3) is 1.00. The van der Waals surface area contributed by atoms with Crippen LogP contribution in [0.3, 0.4) is 0 Å². The van der Waals surface area contributed by atoms with Crippen LogP contribution >= 0.6 is 0 Å². The van der Waals surface area contributed by atoms with E-state index in [1.54, 1.807) is 0 Å². The topological polar surface area (TPSA) is 17.3 Å². The number of rotatable bonds is 4. The maximum atomic E-state index is 4.56. The summed E-state index contributed by atoms with van der Waals surface area (Å²) in [4.78, 5) is 2.50. The molecular formula is C10H21LiN2. The van der Waals surface area contributed by atoms with Crippen molar-refractivity contribution < 1.29 is 18.9 Å². The Labute approximate surface area is 94.6 Å². The molecule has 1 aliphatic rings. The average Bonchev–Trinajstić information content (AvgIpc) is 2.51. The minimum Gasteiger partial charge on any atom is -0.658 e. The van der Waals surface area contributed by atoms with Gasteiger partial charge in [0.1, 0.15) is 0 Å². The molecule has 0 unspecified atom stereocenters. The Hall–Kier alpha value is 0.517. The van der Waals surface area contributed by atoms with Gasteiger partial charge in [0.2, 0.25) is 0 Å². The van der Waals surface area contributed by atoms with Crippen molar-refractivity contribution in [2.75, 3.05) is 19.6 Å². The minimum absolute atomic E-state index is 0. The van der Waals surface area contributed by atoms with Crippen molar-refractivity contribution in [1.29, 1.82) is 0 Å². The summed E-state index contributed by atoms with van der Waals surface area (Å²) in [7, 11) is 0. The van der Waals surface area contributed by atoms with E-state index in [2.05, 4.69) is 31.0 Å². The number of nitrogens with zero attached hydrogens (tertiary/aromatic N) is 2. The first kappa shape index (κ1) is 13.5. The van der Waals surface area contributed by atoms with E-state index in [9.17, 15) is 0 Å². The smallest absolute Gasteiger partial charge is 0.658 e. The molecule has 72 valence electrons. The van der Waals surface area contributed by atoms with Crippen molar-refractivity contribution in [3.63, 3.8) is 0 Å². The molecule has 0 aromatic rings. The van der Waals surface area contributed by atoms with Crippen molar-refractivity contribution in [3.05, 3.63) is 5.32 Å². The zero-order valence-electron chi connectivity index (χ0n) is 9.58. The quantitative estimate of drug-likeness (QED) is 0.516. The Morgan fingerprint density at radius 1 is 1.46 bits per heavy atom. The van der Waals surface area contributed by atoms with Crippen LogP contribution in [0.1, 0.15) is 33.6 Å². The Kier molecular flexibility index (Phi) is 7.17. The van der Waals surface area contributed by atoms with E-state index in [0.29, 0.717) is 12.1 Å². The predicted molar refractivity (Wildman–Crippen MR) is 53.6 cm³/mol. The van der Waals surface area contributed by atoms with Crippen LogP contribution in [0, 0.1) is 0 Å². The van der Waals surface area contributed by atoms with E-state index in [4.69, 9.17) is 0 Å². The number of hydrogen-bond acceptors (Lipinski definition) is 1. The molecule has 1 atom stereocenters. The van der Waals surface area contributed by atoms with Crippen LogP contribution in [-0.4, -0.2) is 36.6 Å². The average molecular weight is 176 g/mol. The molecule has 1 heterocycles. The van der Waals surface area contributed by atoms with Gasteiger partial charge in [-0.25, -0.2) is 0 Å². The van der Waals surface area contributed by atoms with Gasteiger partial charge in [-0.05, 0) is 26.9 Å². The second kappa shape index (κ2) is 6.90. The zero-order chi connectivity index (χ0) is 8.97. The van der Waals surface area contributed by atoms with Gasteiger partial charge in [-0.15, -0.1) is 12.6 Å². The monoisotopic (exact) mass is 176 g/mol. The third-order valence-corrected chi connectivity index (χ3v) is 2.66. The van der Waals surface area contributed by atoms with E-state index in [-0.39, 0.29) is 18.9 Å². The molecule has 0 aromatic carbocycles. The van der Waals surface area contributed by atoms with Crippen LogP contribution in [0.15, 0.2) is 0 Å². The van der Waals surface area contributed by atoms with Crippen LogP contribution < -0.4 is 18.9 Å². The molecule has 3 heteroatoms. The molecule has 0 amide bonds. The summed E-state index contributed by atoms with van der Waals surface area (Å²) in [5, 5.41) is 4.56. The Morgan fingerprint density at radius 3 is 2.54 bits per heavy atom. The van der Waals surface area contributed by atoms with Crippen molar-refractivity contribution in [2.24, 2.45) is 0 Å². The molecule has 0 spiro atoms. The third kappa shape index (κ3) is 4.51. The summed E-state index contributed by atoms with van der Waals surface area (Å²) in [6.45, 7) is 10.2. The SMILES string of the molecule is CCN(C[C@@H]1CCC[N-]1)C(C)C.[Li+]. The van der Waals surface area contributed by atoms with E-state index in [1.165, 1.54) is 19.4 Å². The van der Waals surface area contributed by atoms with Gasteiger partial charge in [0, 0.05) is 6.04 Å². The van der Waals surface area contributed by atoms with E-state index < -0.39 is 0 Å². The van der Waals surface area contributed by atoms with Crippen LogP contribution in [0.2, 0.25) is 0 Å². The first-order valence-corrected chi connectivity index (χ1v) is 5.14. The number of hydrogen-bond donors (Lipinski definition) is 0. The third-order valence-electron chi connectivity index (χ3n) is 2.66. The molecule has 0 bridgehead atoms. The summed E-state index contributed by atoms with van der Waals surface area (Å²) in [6.07, 6.45) is 2.61. The van der Waals surface area contributed by atoms with Crippen LogP contribution in [0.4, 0.5) is 0 Å². The molecule has 0 saturated carbocycles. The maximum Gasteiger partial charge on any atom is 1.00 e. The Balaban J connectivity index is 0.00000144. The standard InChI is InChI=1S/C10H21N2.Li/c1-4-12(9(2)3)8-10-6-5-7-11-10;/h9-10H,4-8H2,1-3H3;/q-1;+1/t10-;/m0./s1. The molecule has 0 aliphatic carbocycles. The van der Waals surface area contributed by atoms with Gasteiger partial charge in [0.25, 0.3) is 0 Å². The molecule has 13 heavy (non-hydrogen) atoms. The summed E-state index contributed by atoms with van der Waals surface area (Å²) >= 11 is 0. The van der Waals surface area contributed by atoms with Crippen LogP contribution in [0.25, 0.3) is 5.32 Å². The molecule has 1 rings (SSSR count). The second-order valence-electron chi connectivity index (χ2n) is 3.88. The molecular weight excluding hydrogens is 155 g/mol. The van der Waals surface area contributed by atoms with E-state index in [1.807, 2.05) is 0 Å². The van der Waals surface area contributed by atoms with Crippen molar-refractivity contribution in [1.82, 2.24) is 4.90 Å². The molecule has 0 aromatic heterocycles. The minimum atomic E-state index is 0. The molecule has 1 aliphatic heterocycles.